The molecule has 0 saturated heterocycles. The van der Waals surface area contributed by atoms with Gasteiger partial charge in [-0.1, -0.05) is 27.7 Å². The topological polar surface area (TPSA) is 3.24 Å². The third-order valence-electron chi connectivity index (χ3n) is 5.20. The first-order valence-corrected chi connectivity index (χ1v) is 8.43. The van der Waals surface area contributed by atoms with E-state index in [0.29, 0.717) is 10.8 Å². The summed E-state index contributed by atoms with van der Waals surface area (Å²) in [5.74, 6) is 0. The minimum atomic E-state index is 0.355. The van der Waals surface area contributed by atoms with E-state index in [4.69, 9.17) is 0 Å². The summed E-state index contributed by atoms with van der Waals surface area (Å²) in [5, 5.41) is 1.54. The number of hydrogen-bond acceptors (Lipinski definition) is 2. The van der Waals surface area contributed by atoms with Crippen molar-refractivity contribution in [2.75, 3.05) is 11.9 Å². The molecule has 106 valence electrons. The van der Waals surface area contributed by atoms with E-state index in [1.807, 2.05) is 0 Å². The lowest BCUT2D eigenvalue weighted by Gasteiger charge is -2.39. The fourth-order valence-corrected chi connectivity index (χ4v) is 5.27. The Morgan fingerprint density at radius 3 is 2.16 bits per heavy atom. The van der Waals surface area contributed by atoms with Gasteiger partial charge in [0.25, 0.3) is 0 Å². The van der Waals surface area contributed by atoms with Gasteiger partial charge in [-0.15, -0.1) is 11.3 Å². The maximum atomic E-state index is 2.55. The van der Waals surface area contributed by atoms with Crippen LogP contribution >= 0.6 is 11.3 Å². The molecular formula is C17H27NS. The highest BCUT2D eigenvalue weighted by atomic mass is 32.1. The molecule has 0 aromatic carbocycles. The zero-order valence-electron chi connectivity index (χ0n) is 13.3. The molecule has 1 fully saturated rings. The summed E-state index contributed by atoms with van der Waals surface area (Å²) in [6.07, 6.45) is 5.40. The number of thiophene rings is 1. The van der Waals surface area contributed by atoms with Gasteiger partial charge in [-0.3, -0.25) is 0 Å². The lowest BCUT2D eigenvalue weighted by Crippen LogP contribution is -2.32. The number of nitrogens with zero attached hydrogens (tertiary/aromatic N) is 1. The molecule has 2 aliphatic rings. The van der Waals surface area contributed by atoms with E-state index in [2.05, 4.69) is 57.9 Å². The Labute approximate surface area is 122 Å². The first-order valence-electron chi connectivity index (χ1n) is 7.61. The van der Waals surface area contributed by atoms with E-state index in [-0.39, 0.29) is 0 Å². The Balaban J connectivity index is 2.14. The van der Waals surface area contributed by atoms with Gasteiger partial charge < -0.3 is 4.90 Å². The molecule has 0 atom stereocenters. The van der Waals surface area contributed by atoms with Crippen molar-refractivity contribution >= 4 is 16.3 Å². The molecule has 1 aromatic rings. The molecule has 19 heavy (non-hydrogen) atoms. The number of rotatable bonds is 2. The fraction of sp³-hybridized carbons (Fsp3) is 0.765. The third kappa shape index (κ3) is 2.03. The van der Waals surface area contributed by atoms with Crippen molar-refractivity contribution < 1.29 is 0 Å². The van der Waals surface area contributed by atoms with Gasteiger partial charge >= 0.3 is 0 Å². The largest absolute Gasteiger partial charge is 0.363 e. The first kappa shape index (κ1) is 13.5. The second-order valence-corrected chi connectivity index (χ2v) is 8.85. The van der Waals surface area contributed by atoms with Crippen LogP contribution in [0.15, 0.2) is 0 Å². The van der Waals surface area contributed by atoms with Crippen LogP contribution in [-0.4, -0.2) is 13.1 Å². The van der Waals surface area contributed by atoms with Gasteiger partial charge in [0.1, 0.15) is 0 Å². The number of fused-ring (bicyclic) bond motifs is 1. The minimum Gasteiger partial charge on any atom is -0.363 e. The summed E-state index contributed by atoms with van der Waals surface area (Å²) in [6, 6.07) is 0.810. The summed E-state index contributed by atoms with van der Waals surface area (Å²) in [6.45, 7) is 12.1. The van der Waals surface area contributed by atoms with Crippen molar-refractivity contribution in [1.29, 1.82) is 0 Å². The zero-order chi connectivity index (χ0) is 14.0. The van der Waals surface area contributed by atoms with E-state index in [1.165, 1.54) is 30.7 Å². The second kappa shape index (κ2) is 4.00. The monoisotopic (exact) mass is 277 g/mol. The van der Waals surface area contributed by atoms with Crippen LogP contribution in [-0.2, 0) is 10.8 Å². The minimum absolute atomic E-state index is 0.355. The van der Waals surface area contributed by atoms with Crippen molar-refractivity contribution in [1.82, 2.24) is 0 Å². The lowest BCUT2D eigenvalue weighted by atomic mass is 9.66. The molecule has 2 aliphatic carbocycles. The van der Waals surface area contributed by atoms with Crippen molar-refractivity contribution in [2.45, 2.75) is 77.2 Å². The van der Waals surface area contributed by atoms with E-state index in [0.717, 1.165) is 6.04 Å². The van der Waals surface area contributed by atoms with Crippen LogP contribution in [0.4, 0.5) is 5.00 Å². The average Bonchev–Trinajstić information content (AvgIpc) is 3.08. The van der Waals surface area contributed by atoms with Gasteiger partial charge in [0.15, 0.2) is 0 Å². The maximum Gasteiger partial charge on any atom is 0.0944 e. The maximum absolute atomic E-state index is 2.55. The number of anilines is 1. The highest BCUT2D eigenvalue weighted by Crippen LogP contribution is 2.54. The fourth-order valence-electron chi connectivity index (χ4n) is 3.62. The summed E-state index contributed by atoms with van der Waals surface area (Å²) < 4.78 is 0. The third-order valence-corrected chi connectivity index (χ3v) is 6.95. The van der Waals surface area contributed by atoms with Gasteiger partial charge in [-0.05, 0) is 54.6 Å². The van der Waals surface area contributed by atoms with Crippen molar-refractivity contribution in [3.63, 3.8) is 0 Å². The Morgan fingerprint density at radius 1 is 1.05 bits per heavy atom. The second-order valence-electron chi connectivity index (χ2n) is 7.85. The van der Waals surface area contributed by atoms with E-state index in [9.17, 15) is 0 Å². The molecule has 0 amide bonds. The van der Waals surface area contributed by atoms with Crippen LogP contribution < -0.4 is 4.90 Å². The summed E-state index contributed by atoms with van der Waals surface area (Å²) >= 11 is 2.07. The zero-order valence-corrected chi connectivity index (χ0v) is 14.1. The average molecular weight is 277 g/mol. The van der Waals surface area contributed by atoms with Crippen LogP contribution in [0.1, 0.15) is 69.4 Å². The van der Waals surface area contributed by atoms with Crippen LogP contribution in [0, 0.1) is 6.92 Å². The molecule has 0 aliphatic heterocycles. The van der Waals surface area contributed by atoms with Crippen LogP contribution in [0.5, 0.6) is 0 Å². The molecule has 1 aromatic heterocycles. The Morgan fingerprint density at radius 2 is 1.63 bits per heavy atom. The Bertz CT molecular complexity index is 506. The summed E-state index contributed by atoms with van der Waals surface area (Å²) in [5.41, 5.74) is 3.94. The van der Waals surface area contributed by atoms with Crippen molar-refractivity contribution in [3.05, 3.63) is 16.0 Å². The normalized spacial score (nSPS) is 24.1. The summed E-state index contributed by atoms with van der Waals surface area (Å²) in [4.78, 5) is 4.20. The van der Waals surface area contributed by atoms with Gasteiger partial charge in [0.2, 0.25) is 0 Å². The van der Waals surface area contributed by atoms with Crippen LogP contribution in [0.2, 0.25) is 0 Å². The Kier molecular flexibility index (Phi) is 2.84. The molecule has 0 N–H and O–H groups in total. The molecule has 0 bridgehead atoms. The molecule has 3 rings (SSSR count). The first-order chi connectivity index (χ1) is 8.74. The highest BCUT2D eigenvalue weighted by Gasteiger charge is 2.42. The van der Waals surface area contributed by atoms with E-state index >= 15 is 0 Å². The molecule has 1 nitrogen and oxygen atoms in total. The predicted molar refractivity (Wildman–Crippen MR) is 85.8 cm³/mol. The molecule has 1 saturated carbocycles. The number of hydrogen-bond donors (Lipinski definition) is 0. The summed E-state index contributed by atoms with van der Waals surface area (Å²) in [7, 11) is 2.29. The van der Waals surface area contributed by atoms with Gasteiger partial charge in [-0.2, -0.15) is 0 Å². The standard InChI is InChI=1S/C17H27NS/c1-11-13-14(17(4,5)10-9-16(13,2)3)19-15(11)18(6)12-7-8-12/h12H,7-10H2,1-6H3. The van der Waals surface area contributed by atoms with E-state index in [1.54, 1.807) is 16.0 Å². The molecule has 0 spiro atoms. The van der Waals surface area contributed by atoms with Gasteiger partial charge in [0, 0.05) is 18.0 Å². The van der Waals surface area contributed by atoms with Crippen molar-refractivity contribution in [2.24, 2.45) is 0 Å². The highest BCUT2D eigenvalue weighted by molar-refractivity contribution is 7.16. The molecule has 2 heteroatoms. The lowest BCUT2D eigenvalue weighted by molar-refractivity contribution is 0.337. The molecular weight excluding hydrogens is 250 g/mol. The van der Waals surface area contributed by atoms with E-state index < -0.39 is 0 Å². The Hall–Kier alpha value is -0.500. The van der Waals surface area contributed by atoms with Gasteiger partial charge in [0.05, 0.1) is 5.00 Å². The van der Waals surface area contributed by atoms with Crippen LogP contribution in [0.3, 0.4) is 0 Å². The molecule has 0 radical (unpaired) electrons. The SMILES string of the molecule is Cc1c(N(C)C2CC2)sc2c1C(C)(C)CCC2(C)C. The van der Waals surface area contributed by atoms with Gasteiger partial charge in [-0.25, -0.2) is 0 Å². The van der Waals surface area contributed by atoms with Crippen LogP contribution in [0.25, 0.3) is 0 Å². The van der Waals surface area contributed by atoms with Crippen molar-refractivity contribution in [3.8, 4) is 0 Å². The molecule has 1 heterocycles. The molecule has 0 unspecified atom stereocenters. The quantitative estimate of drug-likeness (QED) is 0.735. The smallest absolute Gasteiger partial charge is 0.0944 e. The predicted octanol–water partition coefficient (Wildman–Crippen LogP) is 5.00.